The van der Waals surface area contributed by atoms with Gasteiger partial charge in [0, 0.05) is 43.4 Å². The van der Waals surface area contributed by atoms with Gasteiger partial charge in [0.15, 0.2) is 17.6 Å². The van der Waals surface area contributed by atoms with Gasteiger partial charge >= 0.3 is 12.0 Å². The minimum Gasteiger partial charge on any atom is -0.489 e. The summed E-state index contributed by atoms with van der Waals surface area (Å²) in [5, 5.41) is 14.1. The SMILES string of the molecule is Cc1nccc(-c2ccc(CC(NC(=O)C3Cc4cc5c(cc4CN3C(=O)N(C(C)C)C(C)C)OC(c3ccc(OCc4ccc(Cl)c(Cl)c4)cc3)CO5)C(=O)O)cc2)c1C. The number of carbonyl (C=O) groups is 3. The standard InChI is InChI=1S/C48H50Cl2N4O7/c1-27(2)54(28(3)4)48(58)53-24-36-23-44-43(60-26-45(61-44)34-12-14-37(15-13-34)59-25-32-9-16-39(49)40(50)19-32)22-35(36)21-42(53)46(55)52-41(47(56)57)20-31-7-10-33(11-8-31)38-17-18-51-30(6)29(38)5/h7-19,22-23,27-28,41-42,45H,20-21,24-26H2,1-6H3,(H,52,55)(H,56,57). The average molecular weight is 866 g/mol. The van der Waals surface area contributed by atoms with Crippen LogP contribution in [-0.4, -0.2) is 68.6 Å². The van der Waals surface area contributed by atoms with Crippen LogP contribution in [0.5, 0.6) is 17.2 Å². The number of benzene rings is 4. The summed E-state index contributed by atoms with van der Waals surface area (Å²) in [4.78, 5) is 49.0. The maximum atomic E-state index is 14.4. The van der Waals surface area contributed by atoms with Crippen LogP contribution in [0.25, 0.3) is 11.1 Å². The van der Waals surface area contributed by atoms with Gasteiger partial charge in [0.25, 0.3) is 0 Å². The van der Waals surface area contributed by atoms with Crippen molar-refractivity contribution in [1.29, 1.82) is 0 Å². The van der Waals surface area contributed by atoms with E-state index in [0.29, 0.717) is 33.9 Å². The zero-order chi connectivity index (χ0) is 43.5. The Morgan fingerprint density at radius 3 is 2.25 bits per heavy atom. The van der Waals surface area contributed by atoms with Crippen LogP contribution in [0, 0.1) is 13.8 Å². The molecule has 2 aliphatic heterocycles. The third-order valence-corrected chi connectivity index (χ3v) is 12.1. The van der Waals surface area contributed by atoms with Gasteiger partial charge in [-0.15, -0.1) is 0 Å². The predicted molar refractivity (Wildman–Crippen MR) is 236 cm³/mol. The van der Waals surface area contributed by atoms with Gasteiger partial charge in [-0.1, -0.05) is 65.7 Å². The lowest BCUT2D eigenvalue weighted by Gasteiger charge is -2.42. The molecule has 2 aliphatic rings. The Labute approximate surface area is 366 Å². The third kappa shape index (κ3) is 9.74. The summed E-state index contributed by atoms with van der Waals surface area (Å²) in [5.74, 6) is 0.0264. The fraction of sp³-hybridized carbons (Fsp3) is 0.333. The number of aromatic nitrogens is 1. The number of pyridine rings is 1. The predicted octanol–water partition coefficient (Wildman–Crippen LogP) is 9.54. The minimum absolute atomic E-state index is 0.0609. The largest absolute Gasteiger partial charge is 0.489 e. The number of nitrogens with one attached hydrogen (secondary N) is 1. The first-order valence-corrected chi connectivity index (χ1v) is 21.2. The normalized spacial score (nSPS) is 16.2. The number of halogens is 2. The van der Waals surface area contributed by atoms with Crippen LogP contribution < -0.4 is 19.5 Å². The molecule has 11 nitrogen and oxygen atoms in total. The van der Waals surface area contributed by atoms with E-state index in [2.05, 4.69) is 10.3 Å². The van der Waals surface area contributed by atoms with Crippen molar-refractivity contribution in [3.8, 4) is 28.4 Å². The number of urea groups is 1. The molecule has 0 aliphatic carbocycles. The minimum atomic E-state index is -1.23. The van der Waals surface area contributed by atoms with Crippen LogP contribution >= 0.6 is 23.2 Å². The third-order valence-electron chi connectivity index (χ3n) is 11.4. The molecule has 0 radical (unpaired) electrons. The van der Waals surface area contributed by atoms with Gasteiger partial charge in [0.2, 0.25) is 5.91 Å². The zero-order valence-electron chi connectivity index (χ0n) is 35.1. The number of hydrogen-bond acceptors (Lipinski definition) is 7. The van der Waals surface area contributed by atoms with E-state index in [9.17, 15) is 19.5 Å². The average Bonchev–Trinajstić information content (AvgIpc) is 3.23. The molecule has 3 heterocycles. The number of hydrogen-bond donors (Lipinski definition) is 2. The lowest BCUT2D eigenvalue weighted by atomic mass is 9.92. The number of nitrogens with zero attached hydrogens (tertiary/aromatic N) is 3. The second kappa shape index (κ2) is 18.5. The Kier molecular flexibility index (Phi) is 13.1. The van der Waals surface area contributed by atoms with Crippen LogP contribution in [0.4, 0.5) is 4.79 Å². The van der Waals surface area contributed by atoms with Gasteiger partial charge in [0.05, 0.1) is 10.0 Å². The molecule has 3 unspecified atom stereocenters. The molecule has 0 bridgehead atoms. The van der Waals surface area contributed by atoms with Crippen LogP contribution in [-0.2, 0) is 35.6 Å². The first-order valence-electron chi connectivity index (χ1n) is 20.4. The van der Waals surface area contributed by atoms with Crippen LogP contribution in [0.2, 0.25) is 10.0 Å². The van der Waals surface area contributed by atoms with E-state index in [1.165, 1.54) is 0 Å². The molecule has 0 saturated carbocycles. The van der Waals surface area contributed by atoms with Crippen molar-refractivity contribution in [3.63, 3.8) is 0 Å². The molecule has 0 saturated heterocycles. The Balaban J connectivity index is 1.08. The van der Waals surface area contributed by atoms with Crippen molar-refractivity contribution in [2.24, 2.45) is 0 Å². The van der Waals surface area contributed by atoms with Gasteiger partial charge in [0.1, 0.15) is 31.0 Å². The fourth-order valence-corrected chi connectivity index (χ4v) is 8.31. The maximum absolute atomic E-state index is 14.4. The summed E-state index contributed by atoms with van der Waals surface area (Å²) in [7, 11) is 0. The number of carboxylic acids is 1. The molecule has 1 aromatic heterocycles. The van der Waals surface area contributed by atoms with E-state index in [-0.39, 0.29) is 44.1 Å². The highest BCUT2D eigenvalue weighted by Gasteiger charge is 2.40. The van der Waals surface area contributed by atoms with E-state index in [0.717, 1.165) is 50.2 Å². The molecule has 0 spiro atoms. The number of aryl methyl sites for hydroxylation is 1. The van der Waals surface area contributed by atoms with Gasteiger partial charge in [-0.3, -0.25) is 9.78 Å². The number of carbonyl (C=O) groups excluding carboxylic acids is 2. The highest BCUT2D eigenvalue weighted by molar-refractivity contribution is 6.42. The lowest BCUT2D eigenvalue weighted by Crippen LogP contribution is -2.60. The molecule has 7 rings (SSSR count). The quantitative estimate of drug-likeness (QED) is 0.127. The number of carboxylic acid groups (broad SMARTS) is 1. The van der Waals surface area contributed by atoms with Gasteiger partial charge in [-0.2, -0.15) is 0 Å². The molecule has 4 aromatic carbocycles. The van der Waals surface area contributed by atoms with Gasteiger partial charge < -0.3 is 34.4 Å². The van der Waals surface area contributed by atoms with Crippen LogP contribution in [0.3, 0.4) is 0 Å². The van der Waals surface area contributed by atoms with E-state index in [1.807, 2.05) is 114 Å². The summed E-state index contributed by atoms with van der Waals surface area (Å²) < 4.78 is 18.7. The number of aliphatic carboxylic acids is 1. The Bertz CT molecular complexity index is 2420. The summed E-state index contributed by atoms with van der Waals surface area (Å²) in [6.07, 6.45) is 1.59. The molecule has 13 heteroatoms. The van der Waals surface area contributed by atoms with Gasteiger partial charge in [-0.25, -0.2) is 9.59 Å². The Morgan fingerprint density at radius 2 is 1.57 bits per heavy atom. The maximum Gasteiger partial charge on any atom is 0.326 e. The first kappa shape index (κ1) is 43.3. The summed E-state index contributed by atoms with van der Waals surface area (Å²) in [5.41, 5.74) is 8.22. The summed E-state index contributed by atoms with van der Waals surface area (Å²) in [6.45, 7) is 12.4. The van der Waals surface area contributed by atoms with Crippen molar-refractivity contribution in [2.45, 2.75) is 97.8 Å². The van der Waals surface area contributed by atoms with Crippen molar-refractivity contribution >= 4 is 41.1 Å². The monoisotopic (exact) mass is 864 g/mol. The highest BCUT2D eigenvalue weighted by Crippen LogP contribution is 2.41. The van der Waals surface area contributed by atoms with Crippen LogP contribution in [0.1, 0.15) is 72.9 Å². The molecule has 3 atom stereocenters. The fourth-order valence-electron chi connectivity index (χ4n) is 7.99. The lowest BCUT2D eigenvalue weighted by molar-refractivity contribution is -0.142. The Hall–Kier alpha value is -5.78. The number of rotatable bonds is 12. The van der Waals surface area contributed by atoms with Gasteiger partial charge in [-0.05, 0) is 129 Å². The van der Waals surface area contributed by atoms with E-state index in [1.54, 1.807) is 28.1 Å². The van der Waals surface area contributed by atoms with Crippen LogP contribution in [0.15, 0.2) is 91.1 Å². The van der Waals surface area contributed by atoms with E-state index < -0.39 is 30.1 Å². The zero-order valence-corrected chi connectivity index (χ0v) is 36.6. The first-order chi connectivity index (χ1) is 29.2. The smallest absolute Gasteiger partial charge is 0.326 e. The molecular formula is C48H50Cl2N4O7. The summed E-state index contributed by atoms with van der Waals surface area (Å²) in [6, 6.07) is 23.5. The van der Waals surface area contributed by atoms with E-state index in [4.69, 9.17) is 37.4 Å². The summed E-state index contributed by atoms with van der Waals surface area (Å²) >= 11 is 12.2. The van der Waals surface area contributed by atoms with Crippen molar-refractivity contribution < 1.29 is 33.7 Å². The molecule has 2 N–H and O–H groups in total. The number of amides is 3. The second-order valence-corrected chi connectivity index (χ2v) is 17.0. The highest BCUT2D eigenvalue weighted by atomic mass is 35.5. The van der Waals surface area contributed by atoms with Crippen molar-refractivity contribution in [3.05, 3.63) is 140 Å². The molecule has 0 fully saturated rings. The van der Waals surface area contributed by atoms with E-state index >= 15 is 0 Å². The molecular weight excluding hydrogens is 815 g/mol. The molecule has 318 valence electrons. The second-order valence-electron chi connectivity index (χ2n) is 16.2. The number of ether oxygens (including phenoxy) is 3. The molecule has 5 aromatic rings. The van der Waals surface area contributed by atoms with Crippen molar-refractivity contribution in [2.75, 3.05) is 6.61 Å². The number of fused-ring (bicyclic) bond motifs is 2. The van der Waals surface area contributed by atoms with Crippen molar-refractivity contribution in [1.82, 2.24) is 20.1 Å². The topological polar surface area (TPSA) is 131 Å². The Morgan fingerprint density at radius 1 is 0.885 bits per heavy atom. The molecule has 61 heavy (non-hydrogen) atoms. The molecule has 3 amide bonds.